The van der Waals surface area contributed by atoms with E-state index in [1.807, 2.05) is 6.92 Å². The largest absolute Gasteiger partial charge is 0.392 e. The van der Waals surface area contributed by atoms with Crippen molar-refractivity contribution in [1.82, 2.24) is 31.1 Å². The molecule has 0 rings (SSSR count). The van der Waals surface area contributed by atoms with Crippen molar-refractivity contribution in [2.75, 3.05) is 91.6 Å². The Morgan fingerprint density at radius 1 is 0.268 bits per heavy atom. The number of hydrogen-bond acceptors (Lipinski definition) is 10. The standard InChI is InChI=1S/C61H130N6O4/c1-5-8-11-14-17-20-23-26-29-32-35-38-41-59(69)55-66(54-58(4)68)52-50-64-48-46-62-44-45-63-47-49-65-51-53-67(56-60(70)42-39-36-33-30-27-24-21-18-15-12-9-6-2)57-61(71)43-40-37-34-31-28-25-22-19-16-13-10-7-3/h58-65,68-71H,5-57H2,1-4H3. The molecule has 0 aliphatic carbocycles. The van der Waals surface area contributed by atoms with E-state index in [-0.39, 0.29) is 18.3 Å². The monoisotopic (exact) mass is 1010 g/mol. The van der Waals surface area contributed by atoms with Crippen LogP contribution in [0.2, 0.25) is 0 Å². The topological polar surface area (TPSA) is 136 Å². The predicted octanol–water partition coefficient (Wildman–Crippen LogP) is 12.7. The summed E-state index contributed by atoms with van der Waals surface area (Å²) in [4.78, 5) is 4.52. The number of unbranched alkanes of at least 4 members (excludes halogenated alkanes) is 33. The summed E-state index contributed by atoms with van der Waals surface area (Å²) in [6.07, 6.45) is 49.1. The number of rotatable bonds is 62. The van der Waals surface area contributed by atoms with Crippen LogP contribution in [-0.4, -0.2) is 146 Å². The van der Waals surface area contributed by atoms with Gasteiger partial charge in [0, 0.05) is 91.6 Å². The molecule has 4 unspecified atom stereocenters. The smallest absolute Gasteiger partial charge is 0.0667 e. The van der Waals surface area contributed by atoms with E-state index in [9.17, 15) is 20.4 Å². The zero-order chi connectivity index (χ0) is 51.8. The number of aliphatic hydroxyl groups is 4. The lowest BCUT2D eigenvalue weighted by Gasteiger charge is -2.27. The molecule has 0 aromatic carbocycles. The van der Waals surface area contributed by atoms with Crippen LogP contribution in [0.4, 0.5) is 0 Å². The summed E-state index contributed by atoms with van der Waals surface area (Å²) in [6.45, 7) is 20.0. The third-order valence-electron chi connectivity index (χ3n) is 14.7. The minimum absolute atomic E-state index is 0.328. The lowest BCUT2D eigenvalue weighted by molar-refractivity contribution is 0.0610. The van der Waals surface area contributed by atoms with E-state index >= 15 is 0 Å². The summed E-state index contributed by atoms with van der Waals surface area (Å²) >= 11 is 0. The molecule has 0 aromatic rings. The fourth-order valence-electron chi connectivity index (χ4n) is 10.2. The van der Waals surface area contributed by atoms with Gasteiger partial charge in [-0.2, -0.15) is 0 Å². The first-order valence-corrected chi connectivity index (χ1v) is 31.8. The van der Waals surface area contributed by atoms with Gasteiger partial charge in [0.05, 0.1) is 24.4 Å². The lowest BCUT2D eigenvalue weighted by atomic mass is 10.0. The van der Waals surface area contributed by atoms with E-state index in [0.717, 1.165) is 104 Å². The van der Waals surface area contributed by atoms with Crippen LogP contribution in [-0.2, 0) is 0 Å². The molecule has 0 saturated carbocycles. The first-order chi connectivity index (χ1) is 34.8. The Bertz CT molecular complexity index is 948. The van der Waals surface area contributed by atoms with Crippen molar-refractivity contribution < 1.29 is 20.4 Å². The molecule has 0 heterocycles. The number of hydrogen-bond donors (Lipinski definition) is 8. The molecule has 0 aliphatic heterocycles. The Morgan fingerprint density at radius 2 is 0.465 bits per heavy atom. The Labute approximate surface area is 444 Å². The minimum Gasteiger partial charge on any atom is -0.392 e. The summed E-state index contributed by atoms with van der Waals surface area (Å²) in [5.41, 5.74) is 0. The van der Waals surface area contributed by atoms with Crippen molar-refractivity contribution in [3.8, 4) is 0 Å². The first kappa shape index (κ1) is 70.6. The van der Waals surface area contributed by atoms with Crippen molar-refractivity contribution >= 4 is 0 Å². The molecular formula is C61H130N6O4. The molecule has 0 amide bonds. The molecule has 0 saturated heterocycles. The maximum absolute atomic E-state index is 11.1. The first-order valence-electron chi connectivity index (χ1n) is 31.8. The van der Waals surface area contributed by atoms with Gasteiger partial charge >= 0.3 is 0 Å². The van der Waals surface area contributed by atoms with E-state index in [2.05, 4.69) is 51.8 Å². The average molecular weight is 1010 g/mol. The molecule has 10 heteroatoms. The predicted molar refractivity (Wildman–Crippen MR) is 311 cm³/mol. The van der Waals surface area contributed by atoms with E-state index in [1.165, 1.54) is 212 Å². The van der Waals surface area contributed by atoms with Crippen molar-refractivity contribution in [3.63, 3.8) is 0 Å². The highest BCUT2D eigenvalue weighted by Crippen LogP contribution is 2.17. The molecule has 0 bridgehead atoms. The van der Waals surface area contributed by atoms with E-state index < -0.39 is 6.10 Å². The van der Waals surface area contributed by atoms with Gasteiger partial charge in [-0.1, -0.05) is 252 Å². The normalized spacial score (nSPS) is 13.8. The maximum Gasteiger partial charge on any atom is 0.0667 e. The molecule has 10 nitrogen and oxygen atoms in total. The average Bonchev–Trinajstić information content (AvgIpc) is 3.34. The van der Waals surface area contributed by atoms with Crippen LogP contribution in [0.1, 0.15) is 278 Å². The molecular weight excluding hydrogens is 881 g/mol. The lowest BCUT2D eigenvalue weighted by Crippen LogP contribution is -2.43. The second-order valence-corrected chi connectivity index (χ2v) is 22.4. The highest BCUT2D eigenvalue weighted by molar-refractivity contribution is 4.72. The van der Waals surface area contributed by atoms with Gasteiger partial charge in [0.15, 0.2) is 0 Å². The summed E-state index contributed by atoms with van der Waals surface area (Å²) < 4.78 is 0. The second kappa shape index (κ2) is 58.9. The number of nitrogens with one attached hydrogen (secondary N) is 4. The van der Waals surface area contributed by atoms with Crippen molar-refractivity contribution in [2.45, 2.75) is 303 Å². The van der Waals surface area contributed by atoms with E-state index in [1.54, 1.807) is 0 Å². The summed E-state index contributed by atoms with van der Waals surface area (Å²) in [5.74, 6) is 0. The van der Waals surface area contributed by atoms with Crippen molar-refractivity contribution in [1.29, 1.82) is 0 Å². The Kier molecular flexibility index (Phi) is 58.5. The van der Waals surface area contributed by atoms with Crippen LogP contribution in [0.15, 0.2) is 0 Å². The van der Waals surface area contributed by atoms with Gasteiger partial charge in [-0.25, -0.2) is 0 Å². The second-order valence-electron chi connectivity index (χ2n) is 22.4. The fraction of sp³-hybridized carbons (Fsp3) is 1.00. The molecule has 71 heavy (non-hydrogen) atoms. The van der Waals surface area contributed by atoms with Crippen LogP contribution in [0.5, 0.6) is 0 Å². The summed E-state index contributed by atoms with van der Waals surface area (Å²) in [5, 5.41) is 57.1. The van der Waals surface area contributed by atoms with Crippen molar-refractivity contribution in [3.05, 3.63) is 0 Å². The van der Waals surface area contributed by atoms with E-state index in [0.29, 0.717) is 26.2 Å². The van der Waals surface area contributed by atoms with Gasteiger partial charge < -0.3 is 41.7 Å². The van der Waals surface area contributed by atoms with Gasteiger partial charge in [-0.05, 0) is 26.2 Å². The highest BCUT2D eigenvalue weighted by atomic mass is 16.3. The quantitative estimate of drug-likeness (QED) is 0.0278. The minimum atomic E-state index is -0.400. The number of aliphatic hydroxyl groups excluding tert-OH is 4. The third-order valence-corrected chi connectivity index (χ3v) is 14.7. The zero-order valence-electron chi connectivity index (χ0n) is 48.5. The summed E-state index contributed by atoms with van der Waals surface area (Å²) in [7, 11) is 0. The molecule has 0 aromatic heterocycles. The van der Waals surface area contributed by atoms with Gasteiger partial charge in [0.25, 0.3) is 0 Å². The van der Waals surface area contributed by atoms with E-state index in [4.69, 9.17) is 0 Å². The Hall–Kier alpha value is -0.400. The Morgan fingerprint density at radius 3 is 0.690 bits per heavy atom. The van der Waals surface area contributed by atoms with Crippen LogP contribution < -0.4 is 21.3 Å². The van der Waals surface area contributed by atoms with Crippen LogP contribution >= 0.6 is 0 Å². The SMILES string of the molecule is CCCCCCCCCCCCCCC(O)CN(CCNCCNCCNCCNCCN(CC(O)CCCCCCCCCCCCCC)CC(O)CCCCCCCCCCCCCC)CC(C)O. The molecule has 0 fully saturated rings. The van der Waals surface area contributed by atoms with Gasteiger partial charge in [-0.3, -0.25) is 9.80 Å². The van der Waals surface area contributed by atoms with Crippen LogP contribution in [0.3, 0.4) is 0 Å². The third kappa shape index (κ3) is 57.2. The molecule has 0 spiro atoms. The summed E-state index contributed by atoms with van der Waals surface area (Å²) in [6, 6.07) is 0. The fourth-order valence-corrected chi connectivity index (χ4v) is 10.2. The van der Waals surface area contributed by atoms with Gasteiger partial charge in [0.1, 0.15) is 0 Å². The van der Waals surface area contributed by atoms with Crippen molar-refractivity contribution in [2.24, 2.45) is 0 Å². The molecule has 4 atom stereocenters. The molecule has 8 N–H and O–H groups in total. The van der Waals surface area contributed by atoms with Crippen LogP contribution in [0.25, 0.3) is 0 Å². The maximum atomic E-state index is 11.1. The van der Waals surface area contributed by atoms with Gasteiger partial charge in [-0.15, -0.1) is 0 Å². The number of nitrogens with zero attached hydrogens (tertiary/aromatic N) is 2. The van der Waals surface area contributed by atoms with Crippen LogP contribution in [0, 0.1) is 0 Å². The molecule has 428 valence electrons. The van der Waals surface area contributed by atoms with Gasteiger partial charge in [0.2, 0.25) is 0 Å². The molecule has 0 aliphatic rings. The molecule has 0 radical (unpaired) electrons. The highest BCUT2D eigenvalue weighted by Gasteiger charge is 2.17. The Balaban J connectivity index is 4.26. The zero-order valence-corrected chi connectivity index (χ0v) is 48.5.